The molecule has 31 heavy (non-hydrogen) atoms. The summed E-state index contributed by atoms with van der Waals surface area (Å²) in [6.07, 6.45) is 2.60. The van der Waals surface area contributed by atoms with Crippen molar-refractivity contribution in [1.29, 1.82) is 0 Å². The molecule has 1 unspecified atom stereocenters. The molecule has 166 valence electrons. The quantitative estimate of drug-likeness (QED) is 0.301. The van der Waals surface area contributed by atoms with Crippen LogP contribution in [0.25, 0.3) is 0 Å². The summed E-state index contributed by atoms with van der Waals surface area (Å²) in [5.41, 5.74) is 2.16. The van der Waals surface area contributed by atoms with Crippen LogP contribution in [0.4, 0.5) is 0 Å². The summed E-state index contributed by atoms with van der Waals surface area (Å²) in [7, 11) is 0. The fraction of sp³-hybridized carbons (Fsp3) is 0.375. The second kappa shape index (κ2) is 13.5. The number of amides is 3. The third-order valence-electron chi connectivity index (χ3n) is 4.79. The van der Waals surface area contributed by atoms with Crippen molar-refractivity contribution < 1.29 is 14.4 Å². The summed E-state index contributed by atoms with van der Waals surface area (Å²) in [6.45, 7) is 2.68. The molecular weight excluding hydrogens is 410 g/mol. The van der Waals surface area contributed by atoms with E-state index >= 15 is 0 Å². The second-order valence-electron chi connectivity index (χ2n) is 7.30. The van der Waals surface area contributed by atoms with Gasteiger partial charge in [0.2, 0.25) is 5.91 Å². The summed E-state index contributed by atoms with van der Waals surface area (Å²) in [5, 5.41) is 7.51. The maximum atomic E-state index is 12.7. The van der Waals surface area contributed by atoms with E-state index in [2.05, 4.69) is 28.6 Å². The maximum absolute atomic E-state index is 12.7. The first-order chi connectivity index (χ1) is 15.0. The van der Waals surface area contributed by atoms with Gasteiger partial charge in [0.15, 0.2) is 6.04 Å². The lowest BCUT2D eigenvalue weighted by Crippen LogP contribution is -2.57. The van der Waals surface area contributed by atoms with Gasteiger partial charge in [-0.15, -0.1) is 0 Å². The van der Waals surface area contributed by atoms with Crippen molar-refractivity contribution in [3.8, 4) is 0 Å². The van der Waals surface area contributed by atoms with Gasteiger partial charge in [0.05, 0.1) is 5.25 Å². The normalized spacial score (nSPS) is 11.6. The lowest BCUT2D eigenvalue weighted by molar-refractivity contribution is -0.136. The molecule has 0 aliphatic carbocycles. The van der Waals surface area contributed by atoms with E-state index in [0.29, 0.717) is 32.4 Å². The Bertz CT molecular complexity index is 773. The van der Waals surface area contributed by atoms with Crippen LogP contribution in [0, 0.1) is 0 Å². The molecule has 2 aromatic carbocycles. The van der Waals surface area contributed by atoms with Crippen LogP contribution in [0.5, 0.6) is 0 Å². The van der Waals surface area contributed by atoms with Crippen LogP contribution < -0.4 is 16.0 Å². The maximum Gasteiger partial charge on any atom is 0.252 e. The van der Waals surface area contributed by atoms with E-state index in [4.69, 9.17) is 0 Å². The first kappa shape index (κ1) is 24.5. The van der Waals surface area contributed by atoms with Crippen molar-refractivity contribution >= 4 is 30.4 Å². The molecule has 0 spiro atoms. The van der Waals surface area contributed by atoms with Crippen LogP contribution in [0.2, 0.25) is 0 Å². The van der Waals surface area contributed by atoms with Crippen LogP contribution >= 0.6 is 12.6 Å². The van der Waals surface area contributed by atoms with E-state index < -0.39 is 29.0 Å². The first-order valence-corrected chi connectivity index (χ1v) is 11.1. The van der Waals surface area contributed by atoms with E-state index in [0.717, 1.165) is 17.5 Å². The number of nitrogens with one attached hydrogen (secondary N) is 3. The Morgan fingerprint density at radius 2 is 1.23 bits per heavy atom. The summed E-state index contributed by atoms with van der Waals surface area (Å²) >= 11 is 4.28. The zero-order chi connectivity index (χ0) is 22.5. The molecule has 0 saturated heterocycles. The molecule has 3 N–H and O–H groups in total. The molecule has 0 aliphatic rings. The fourth-order valence-corrected chi connectivity index (χ4v) is 3.38. The van der Waals surface area contributed by atoms with Crippen molar-refractivity contribution in [1.82, 2.24) is 16.0 Å². The highest BCUT2D eigenvalue weighted by molar-refractivity contribution is 7.81. The predicted molar refractivity (Wildman–Crippen MR) is 126 cm³/mol. The lowest BCUT2D eigenvalue weighted by atomic mass is 10.1. The number of rotatable bonds is 12. The number of carbonyl (C=O) groups is 3. The molecule has 2 aromatic rings. The van der Waals surface area contributed by atoms with Crippen molar-refractivity contribution in [3.05, 3.63) is 71.8 Å². The van der Waals surface area contributed by atoms with Crippen molar-refractivity contribution in [2.75, 3.05) is 13.1 Å². The average molecular weight is 442 g/mol. The smallest absolute Gasteiger partial charge is 0.252 e. The predicted octanol–water partition coefficient (Wildman–Crippen LogP) is 2.29. The van der Waals surface area contributed by atoms with Crippen LogP contribution in [-0.4, -0.2) is 42.1 Å². The summed E-state index contributed by atoms with van der Waals surface area (Å²) in [4.78, 5) is 37.8. The minimum absolute atomic E-state index is 0.367. The summed E-state index contributed by atoms with van der Waals surface area (Å²) in [6, 6.07) is 18.2. The Morgan fingerprint density at radius 3 is 1.65 bits per heavy atom. The highest BCUT2D eigenvalue weighted by atomic mass is 32.1. The third-order valence-corrected chi connectivity index (χ3v) is 5.28. The van der Waals surface area contributed by atoms with E-state index in [1.54, 1.807) is 0 Å². The minimum Gasteiger partial charge on any atom is -0.354 e. The summed E-state index contributed by atoms with van der Waals surface area (Å²) in [5.74, 6) is -1.48. The lowest BCUT2D eigenvalue weighted by Gasteiger charge is -2.20. The van der Waals surface area contributed by atoms with E-state index in [1.165, 1.54) is 0 Å². The van der Waals surface area contributed by atoms with Crippen LogP contribution in [0.1, 0.15) is 30.9 Å². The molecule has 0 aliphatic heterocycles. The SMILES string of the molecule is CCCC(S)C(=O)NC(C(=O)NCCc1ccccc1)C(=O)NCCc1ccccc1. The molecule has 0 saturated carbocycles. The van der Waals surface area contributed by atoms with Gasteiger partial charge < -0.3 is 16.0 Å². The van der Waals surface area contributed by atoms with Gasteiger partial charge >= 0.3 is 0 Å². The topological polar surface area (TPSA) is 87.3 Å². The molecule has 3 amide bonds. The molecule has 1 atom stereocenters. The molecule has 0 radical (unpaired) electrons. The molecule has 0 aromatic heterocycles. The highest BCUT2D eigenvalue weighted by Crippen LogP contribution is 2.05. The van der Waals surface area contributed by atoms with E-state index in [9.17, 15) is 14.4 Å². The molecular formula is C24H31N3O3S. The monoisotopic (exact) mass is 441 g/mol. The molecule has 7 heteroatoms. The largest absolute Gasteiger partial charge is 0.354 e. The van der Waals surface area contributed by atoms with Gasteiger partial charge in [0.25, 0.3) is 11.8 Å². The van der Waals surface area contributed by atoms with Crippen LogP contribution in [0.15, 0.2) is 60.7 Å². The van der Waals surface area contributed by atoms with Crippen molar-refractivity contribution in [3.63, 3.8) is 0 Å². The third kappa shape index (κ3) is 8.84. The van der Waals surface area contributed by atoms with Crippen molar-refractivity contribution in [2.24, 2.45) is 0 Å². The Kier molecular flexibility index (Phi) is 10.6. The first-order valence-electron chi connectivity index (χ1n) is 10.6. The van der Waals surface area contributed by atoms with Gasteiger partial charge in [0, 0.05) is 13.1 Å². The fourth-order valence-electron chi connectivity index (χ4n) is 3.05. The van der Waals surface area contributed by atoms with Gasteiger partial charge in [-0.25, -0.2) is 0 Å². The number of thiol groups is 1. The number of hydrogen-bond donors (Lipinski definition) is 4. The molecule has 0 heterocycles. The highest BCUT2D eigenvalue weighted by Gasteiger charge is 2.29. The Balaban J connectivity index is 1.94. The number of hydrogen-bond acceptors (Lipinski definition) is 4. The Hall–Kier alpha value is -2.80. The summed E-state index contributed by atoms with van der Waals surface area (Å²) < 4.78 is 0. The minimum atomic E-state index is -1.30. The molecule has 0 fully saturated rings. The molecule has 6 nitrogen and oxygen atoms in total. The molecule has 0 bridgehead atoms. The Labute approximate surface area is 189 Å². The van der Waals surface area contributed by atoms with Crippen LogP contribution in [-0.2, 0) is 27.2 Å². The van der Waals surface area contributed by atoms with Crippen molar-refractivity contribution in [2.45, 2.75) is 43.9 Å². The zero-order valence-electron chi connectivity index (χ0n) is 17.8. The number of carbonyl (C=O) groups excluding carboxylic acids is 3. The van der Waals surface area contributed by atoms with Gasteiger partial charge in [0.1, 0.15) is 0 Å². The van der Waals surface area contributed by atoms with Gasteiger partial charge in [-0.1, -0.05) is 74.0 Å². The second-order valence-corrected chi connectivity index (χ2v) is 7.92. The van der Waals surface area contributed by atoms with Gasteiger partial charge in [-0.2, -0.15) is 12.6 Å². The van der Waals surface area contributed by atoms with E-state index in [-0.39, 0.29) is 0 Å². The average Bonchev–Trinajstić information content (AvgIpc) is 2.78. The van der Waals surface area contributed by atoms with E-state index in [1.807, 2.05) is 67.6 Å². The van der Waals surface area contributed by atoms with Gasteiger partial charge in [-0.05, 0) is 30.4 Å². The number of benzene rings is 2. The molecule has 2 rings (SSSR count). The van der Waals surface area contributed by atoms with Gasteiger partial charge in [-0.3, -0.25) is 14.4 Å². The standard InChI is InChI=1S/C24H31N3O3S/c1-2-9-20(31)22(28)27-21(23(29)25-16-14-18-10-5-3-6-11-18)24(30)26-17-15-19-12-7-4-8-13-19/h3-8,10-13,20-21,31H,2,9,14-17H2,1H3,(H,25,29)(H,26,30)(H,27,28). The van der Waals surface area contributed by atoms with Crippen LogP contribution in [0.3, 0.4) is 0 Å². The Morgan fingerprint density at radius 1 is 0.774 bits per heavy atom. The zero-order valence-corrected chi connectivity index (χ0v) is 18.7.